The van der Waals surface area contributed by atoms with Gasteiger partial charge >= 0.3 is 6.09 Å². The second-order valence-corrected chi connectivity index (χ2v) is 10.3. The van der Waals surface area contributed by atoms with Gasteiger partial charge in [0.25, 0.3) is 0 Å². The molecular weight excluding hydrogens is 504 g/mol. The third-order valence-corrected chi connectivity index (χ3v) is 7.61. The molecule has 1 saturated carbocycles. The second kappa shape index (κ2) is 15.2. The Hall–Kier alpha value is -3.68. The maximum atomic E-state index is 13.4. The summed E-state index contributed by atoms with van der Waals surface area (Å²) in [5.74, 6) is -0.0505. The number of aliphatic hydroxyl groups excluding tert-OH is 1. The van der Waals surface area contributed by atoms with Gasteiger partial charge in [0, 0.05) is 26.1 Å². The number of carbonyl (C=O) groups excluding carboxylic acids is 2. The third kappa shape index (κ3) is 8.16. The van der Waals surface area contributed by atoms with Crippen LogP contribution in [0.5, 0.6) is 0 Å². The Morgan fingerprint density at radius 1 is 0.925 bits per heavy atom. The van der Waals surface area contributed by atoms with Crippen molar-refractivity contribution in [3.05, 3.63) is 107 Å². The smallest absolute Gasteiger partial charge is 0.410 e. The van der Waals surface area contributed by atoms with E-state index in [1.807, 2.05) is 72.8 Å². The molecule has 2 amide bonds. The van der Waals surface area contributed by atoms with Gasteiger partial charge in [0.1, 0.15) is 6.61 Å². The van der Waals surface area contributed by atoms with Crippen LogP contribution < -0.4 is 5.32 Å². The topological polar surface area (TPSA) is 88.1 Å². The molecule has 7 heteroatoms. The van der Waals surface area contributed by atoms with Gasteiger partial charge in [0.05, 0.1) is 19.3 Å². The summed E-state index contributed by atoms with van der Waals surface area (Å²) in [5, 5.41) is 13.0. The number of benzene rings is 3. The van der Waals surface area contributed by atoms with Crippen LogP contribution in [0.1, 0.15) is 59.9 Å². The molecule has 7 nitrogen and oxygen atoms in total. The van der Waals surface area contributed by atoms with Crippen LogP contribution in [-0.4, -0.2) is 48.9 Å². The van der Waals surface area contributed by atoms with Crippen LogP contribution in [0.3, 0.4) is 0 Å². The van der Waals surface area contributed by atoms with E-state index >= 15 is 0 Å². The first kappa shape index (κ1) is 29.3. The molecule has 0 saturated heterocycles. The van der Waals surface area contributed by atoms with E-state index < -0.39 is 6.04 Å². The first-order valence-electron chi connectivity index (χ1n) is 14.1. The SMILES string of the molecule is COCCN(Cc1ccc(C2CCCCC2C(=O)NC(CO)c2ccccc2)cc1)C(=O)OCc1ccccc1. The number of carbonyl (C=O) groups is 2. The van der Waals surface area contributed by atoms with Gasteiger partial charge in [-0.1, -0.05) is 97.8 Å². The Bertz CT molecular complexity index is 1190. The summed E-state index contributed by atoms with van der Waals surface area (Å²) in [6.45, 7) is 1.31. The Kier molecular flexibility index (Phi) is 11.1. The van der Waals surface area contributed by atoms with E-state index in [9.17, 15) is 14.7 Å². The fourth-order valence-electron chi connectivity index (χ4n) is 5.38. The average molecular weight is 545 g/mol. The van der Waals surface area contributed by atoms with E-state index in [-0.39, 0.29) is 37.0 Å². The van der Waals surface area contributed by atoms with Crippen molar-refractivity contribution in [1.29, 1.82) is 0 Å². The predicted octanol–water partition coefficient (Wildman–Crippen LogP) is 5.60. The molecular formula is C33H40N2O5. The van der Waals surface area contributed by atoms with Crippen LogP contribution in [0.4, 0.5) is 4.79 Å². The number of hydrogen-bond donors (Lipinski definition) is 2. The van der Waals surface area contributed by atoms with Crippen molar-refractivity contribution in [3.63, 3.8) is 0 Å². The first-order chi connectivity index (χ1) is 19.6. The third-order valence-electron chi connectivity index (χ3n) is 7.61. The summed E-state index contributed by atoms with van der Waals surface area (Å²) in [4.78, 5) is 27.9. The number of nitrogens with zero attached hydrogens (tertiary/aromatic N) is 1. The number of nitrogens with one attached hydrogen (secondary N) is 1. The molecule has 3 aromatic carbocycles. The van der Waals surface area contributed by atoms with Crippen molar-refractivity contribution in [2.24, 2.45) is 5.92 Å². The standard InChI is InChI=1S/C33H40N2O5/c1-39-21-20-35(33(38)40-24-26-10-4-2-5-11-26)22-25-16-18-27(19-17-25)29-14-8-9-15-30(29)32(37)34-31(23-36)28-12-6-3-7-13-28/h2-7,10-13,16-19,29-31,36H,8-9,14-15,20-24H2,1H3,(H,34,37). The fourth-order valence-corrected chi connectivity index (χ4v) is 5.38. The molecule has 3 atom stereocenters. The minimum absolute atomic E-state index is 0.0106. The minimum Gasteiger partial charge on any atom is -0.445 e. The average Bonchev–Trinajstić information content (AvgIpc) is 3.01. The molecule has 1 fully saturated rings. The number of rotatable bonds is 12. The molecule has 3 aromatic rings. The van der Waals surface area contributed by atoms with Gasteiger partial charge in [-0.05, 0) is 41.0 Å². The van der Waals surface area contributed by atoms with Gasteiger partial charge in [-0.15, -0.1) is 0 Å². The van der Waals surface area contributed by atoms with E-state index in [1.165, 1.54) is 0 Å². The molecule has 0 heterocycles. The van der Waals surface area contributed by atoms with Crippen LogP contribution in [0.25, 0.3) is 0 Å². The van der Waals surface area contributed by atoms with E-state index in [4.69, 9.17) is 9.47 Å². The molecule has 0 spiro atoms. The molecule has 3 unspecified atom stereocenters. The summed E-state index contributed by atoms with van der Waals surface area (Å²) in [5.41, 5.74) is 3.94. The second-order valence-electron chi connectivity index (χ2n) is 10.3. The Balaban J connectivity index is 1.40. The van der Waals surface area contributed by atoms with Crippen LogP contribution in [-0.2, 0) is 27.4 Å². The highest BCUT2D eigenvalue weighted by molar-refractivity contribution is 5.80. The summed E-state index contributed by atoms with van der Waals surface area (Å²) >= 11 is 0. The quantitative estimate of drug-likeness (QED) is 0.310. The largest absolute Gasteiger partial charge is 0.445 e. The number of methoxy groups -OCH3 is 1. The molecule has 1 aliphatic carbocycles. The van der Waals surface area contributed by atoms with E-state index in [0.717, 1.165) is 47.9 Å². The van der Waals surface area contributed by atoms with E-state index in [0.29, 0.717) is 19.7 Å². The number of ether oxygens (including phenoxy) is 2. The Morgan fingerprint density at radius 2 is 1.60 bits per heavy atom. The van der Waals surface area contributed by atoms with Crippen LogP contribution >= 0.6 is 0 Å². The van der Waals surface area contributed by atoms with Crippen LogP contribution in [0.2, 0.25) is 0 Å². The highest BCUT2D eigenvalue weighted by atomic mass is 16.6. The maximum Gasteiger partial charge on any atom is 0.410 e. The van der Waals surface area contributed by atoms with Crippen molar-refractivity contribution in [1.82, 2.24) is 10.2 Å². The lowest BCUT2D eigenvalue weighted by Gasteiger charge is -2.32. The number of hydrogen-bond acceptors (Lipinski definition) is 5. The van der Waals surface area contributed by atoms with Gasteiger partial charge in [0.2, 0.25) is 5.91 Å². The molecule has 4 rings (SSSR count). The zero-order valence-electron chi connectivity index (χ0n) is 23.2. The maximum absolute atomic E-state index is 13.4. The normalized spacial score (nSPS) is 17.6. The monoisotopic (exact) mass is 544 g/mol. The fraction of sp³-hybridized carbons (Fsp3) is 0.394. The summed E-state index contributed by atoms with van der Waals surface area (Å²) in [7, 11) is 1.61. The zero-order valence-corrected chi connectivity index (χ0v) is 23.2. The van der Waals surface area contributed by atoms with Crippen molar-refractivity contribution in [2.75, 3.05) is 26.9 Å². The van der Waals surface area contributed by atoms with Crippen LogP contribution in [0, 0.1) is 5.92 Å². The number of aliphatic hydroxyl groups is 1. The van der Waals surface area contributed by atoms with Crippen molar-refractivity contribution < 1.29 is 24.2 Å². The first-order valence-corrected chi connectivity index (χ1v) is 14.1. The zero-order chi connectivity index (χ0) is 28.2. The van der Waals surface area contributed by atoms with Crippen molar-refractivity contribution >= 4 is 12.0 Å². The van der Waals surface area contributed by atoms with E-state index in [1.54, 1.807) is 12.0 Å². The van der Waals surface area contributed by atoms with Gasteiger partial charge in [0.15, 0.2) is 0 Å². The molecule has 0 aromatic heterocycles. The Labute approximate surface area is 237 Å². The van der Waals surface area contributed by atoms with Crippen molar-refractivity contribution in [2.45, 2.75) is 50.8 Å². The molecule has 0 aliphatic heterocycles. The highest BCUT2D eigenvalue weighted by Gasteiger charge is 2.33. The molecule has 2 N–H and O–H groups in total. The van der Waals surface area contributed by atoms with Crippen molar-refractivity contribution in [3.8, 4) is 0 Å². The van der Waals surface area contributed by atoms with E-state index in [2.05, 4.69) is 17.4 Å². The summed E-state index contributed by atoms with van der Waals surface area (Å²) < 4.78 is 10.8. The highest BCUT2D eigenvalue weighted by Crippen LogP contribution is 2.38. The Morgan fingerprint density at radius 3 is 2.27 bits per heavy atom. The van der Waals surface area contributed by atoms with Gasteiger partial charge in [-0.2, -0.15) is 0 Å². The molecule has 1 aliphatic rings. The van der Waals surface area contributed by atoms with Crippen LogP contribution in [0.15, 0.2) is 84.9 Å². The van der Waals surface area contributed by atoms with Gasteiger partial charge < -0.3 is 24.8 Å². The summed E-state index contributed by atoms with van der Waals surface area (Å²) in [6.07, 6.45) is 3.48. The molecule has 40 heavy (non-hydrogen) atoms. The molecule has 0 radical (unpaired) electrons. The lowest BCUT2D eigenvalue weighted by molar-refractivity contribution is -0.127. The lowest BCUT2D eigenvalue weighted by atomic mass is 9.74. The predicted molar refractivity (Wildman–Crippen MR) is 154 cm³/mol. The van der Waals surface area contributed by atoms with Gasteiger partial charge in [-0.3, -0.25) is 4.79 Å². The summed E-state index contributed by atoms with van der Waals surface area (Å²) in [6, 6.07) is 27.0. The number of amides is 2. The van der Waals surface area contributed by atoms with Gasteiger partial charge in [-0.25, -0.2) is 4.79 Å². The molecule has 212 valence electrons. The minimum atomic E-state index is -0.418. The molecule has 0 bridgehead atoms. The lowest BCUT2D eigenvalue weighted by Crippen LogP contribution is -2.39.